The Morgan fingerprint density at radius 1 is 1.00 bits per heavy atom. The van der Waals surface area contributed by atoms with Gasteiger partial charge >= 0.3 is 6.09 Å². The molecule has 2 N–H and O–H groups in total. The SMILES string of the molecule is CN(C)C(=O)[C@@H](NC(=O)CCC(=O)C(=O)C(CC(=O)[C@@H]1[C@H]2CC(C)(C)O[C@H]2CN1C(=O)[C@@H](NC(=O)OC(C)(C)C)C1CCCCC1)CC1CC1)c1cccs1. The number of likely N-dealkylation sites (N-methyl/N-ethyl adjacent to an activating group) is 1. The Kier molecular flexibility index (Phi) is 13.6. The van der Waals surface area contributed by atoms with Gasteiger partial charge < -0.3 is 29.9 Å². The van der Waals surface area contributed by atoms with Crippen molar-refractivity contribution in [3.63, 3.8) is 0 Å². The van der Waals surface area contributed by atoms with E-state index >= 15 is 0 Å². The lowest BCUT2D eigenvalue weighted by atomic mass is 9.81. The van der Waals surface area contributed by atoms with Gasteiger partial charge in [-0.3, -0.25) is 28.8 Å². The molecule has 0 radical (unpaired) electrons. The number of ether oxygens (including phenoxy) is 2. The van der Waals surface area contributed by atoms with E-state index in [4.69, 9.17) is 9.47 Å². The number of alkyl carbamates (subject to hydrolysis) is 1. The van der Waals surface area contributed by atoms with Crippen LogP contribution < -0.4 is 10.6 Å². The molecular weight excluding hydrogens is 725 g/mol. The van der Waals surface area contributed by atoms with E-state index in [9.17, 15) is 33.6 Å². The molecule has 1 aromatic heterocycles. The van der Waals surface area contributed by atoms with Gasteiger partial charge in [-0.2, -0.15) is 0 Å². The standard InChI is InChI=1S/C41H60N4O9S/c1-40(2,3)54-39(52)43-33(25-12-9-8-10-13-25)38(51)45-23-30-27(22-41(4,5)53-30)35(45)29(47)21-26(20-24-15-16-24)36(49)28(46)17-18-32(48)42-34(37(50)44(6)7)31-14-11-19-55-31/h11,14,19,24-27,30,33-35H,8-10,12-13,15-18,20-23H2,1-7H3,(H,42,48)(H,43,52)/t26?,27-,30-,33-,34-,35-/m0/s1. The first-order valence-corrected chi connectivity index (χ1v) is 20.8. The van der Waals surface area contributed by atoms with Crippen LogP contribution in [0.1, 0.15) is 123 Å². The molecule has 0 bridgehead atoms. The number of carbonyl (C=O) groups is 7. The van der Waals surface area contributed by atoms with Crippen LogP contribution in [0.25, 0.3) is 0 Å². The van der Waals surface area contributed by atoms with Gasteiger partial charge in [0.05, 0.1) is 17.7 Å². The Balaban J connectivity index is 1.31. The minimum absolute atomic E-state index is 0.122. The van der Waals surface area contributed by atoms with Crippen molar-refractivity contribution in [3.05, 3.63) is 22.4 Å². The Hall–Kier alpha value is -3.65. The van der Waals surface area contributed by atoms with Gasteiger partial charge in [0.2, 0.25) is 23.5 Å². The molecule has 1 unspecified atom stereocenters. The molecule has 4 amide bonds. The van der Waals surface area contributed by atoms with Crippen molar-refractivity contribution >= 4 is 52.5 Å². The predicted octanol–water partition coefficient (Wildman–Crippen LogP) is 5.16. The Morgan fingerprint density at radius 2 is 1.69 bits per heavy atom. The lowest BCUT2D eigenvalue weighted by Gasteiger charge is -2.36. The van der Waals surface area contributed by atoms with E-state index in [2.05, 4.69) is 10.6 Å². The zero-order valence-electron chi connectivity index (χ0n) is 33.5. The second-order valence-corrected chi connectivity index (χ2v) is 18.8. The predicted molar refractivity (Wildman–Crippen MR) is 206 cm³/mol. The third-order valence-electron chi connectivity index (χ3n) is 11.3. The minimum Gasteiger partial charge on any atom is -0.444 e. The summed E-state index contributed by atoms with van der Waals surface area (Å²) in [6.07, 6.45) is 5.20. The van der Waals surface area contributed by atoms with Crippen molar-refractivity contribution in [1.29, 1.82) is 0 Å². The summed E-state index contributed by atoms with van der Waals surface area (Å²) in [5, 5.41) is 7.39. The fraction of sp³-hybridized carbons (Fsp3) is 0.732. The lowest BCUT2D eigenvalue weighted by molar-refractivity contribution is -0.144. The van der Waals surface area contributed by atoms with Crippen molar-refractivity contribution in [2.45, 2.75) is 147 Å². The summed E-state index contributed by atoms with van der Waals surface area (Å²) in [6.45, 7) is 9.38. The summed E-state index contributed by atoms with van der Waals surface area (Å²) < 4.78 is 11.9. The summed E-state index contributed by atoms with van der Waals surface area (Å²) in [4.78, 5) is 98.9. The zero-order valence-corrected chi connectivity index (χ0v) is 34.3. The van der Waals surface area contributed by atoms with Gasteiger partial charge in [-0.05, 0) is 83.6 Å². The summed E-state index contributed by atoms with van der Waals surface area (Å²) in [5.74, 6) is -4.02. The fourth-order valence-electron chi connectivity index (χ4n) is 8.55. The molecule has 14 heteroatoms. The van der Waals surface area contributed by atoms with Gasteiger partial charge in [-0.25, -0.2) is 4.79 Å². The number of nitrogens with one attached hydrogen (secondary N) is 2. The Morgan fingerprint density at radius 3 is 2.29 bits per heavy atom. The van der Waals surface area contributed by atoms with Crippen LogP contribution in [0.3, 0.4) is 0 Å². The number of likely N-dealkylation sites (tertiary alicyclic amines) is 1. The van der Waals surface area contributed by atoms with E-state index in [0.29, 0.717) is 17.7 Å². The van der Waals surface area contributed by atoms with Crippen molar-refractivity contribution in [2.24, 2.45) is 23.7 Å². The van der Waals surface area contributed by atoms with Crippen LogP contribution in [-0.4, -0.2) is 101 Å². The highest BCUT2D eigenvalue weighted by molar-refractivity contribution is 7.10. The summed E-state index contributed by atoms with van der Waals surface area (Å²) in [5.41, 5.74) is -1.28. The fourth-order valence-corrected chi connectivity index (χ4v) is 9.32. The molecule has 0 aromatic carbocycles. The molecule has 2 aliphatic carbocycles. The molecule has 2 saturated carbocycles. The molecule has 2 aliphatic heterocycles. The smallest absolute Gasteiger partial charge is 0.408 e. The highest BCUT2D eigenvalue weighted by atomic mass is 32.1. The third-order valence-corrected chi connectivity index (χ3v) is 12.2. The number of hydrogen-bond donors (Lipinski definition) is 2. The zero-order chi connectivity index (χ0) is 40.2. The molecular formula is C41H60N4O9S. The van der Waals surface area contributed by atoms with Crippen LogP contribution in [0.2, 0.25) is 0 Å². The van der Waals surface area contributed by atoms with E-state index in [0.717, 1.165) is 44.9 Å². The number of hydrogen-bond acceptors (Lipinski definition) is 10. The monoisotopic (exact) mass is 784 g/mol. The van der Waals surface area contributed by atoms with Crippen molar-refractivity contribution in [2.75, 3.05) is 20.6 Å². The molecule has 4 fully saturated rings. The van der Waals surface area contributed by atoms with Crippen LogP contribution >= 0.6 is 11.3 Å². The van der Waals surface area contributed by atoms with Crippen molar-refractivity contribution < 1.29 is 43.0 Å². The highest BCUT2D eigenvalue weighted by Crippen LogP contribution is 2.45. The van der Waals surface area contributed by atoms with Crippen molar-refractivity contribution in [1.82, 2.24) is 20.4 Å². The van der Waals surface area contributed by atoms with Gasteiger partial charge in [0.15, 0.2) is 11.6 Å². The second-order valence-electron chi connectivity index (χ2n) is 17.8. The average Bonchev–Trinajstić information content (AvgIpc) is 3.48. The summed E-state index contributed by atoms with van der Waals surface area (Å²) >= 11 is 1.33. The molecule has 0 spiro atoms. The number of fused-ring (bicyclic) bond motifs is 1. The largest absolute Gasteiger partial charge is 0.444 e. The van der Waals surface area contributed by atoms with Gasteiger partial charge in [0.1, 0.15) is 17.7 Å². The molecule has 5 rings (SSSR count). The lowest BCUT2D eigenvalue weighted by Crippen LogP contribution is -2.56. The van der Waals surface area contributed by atoms with E-state index in [1.807, 2.05) is 13.8 Å². The minimum atomic E-state index is -0.906. The van der Waals surface area contributed by atoms with Gasteiger partial charge in [-0.15, -0.1) is 11.3 Å². The second kappa shape index (κ2) is 17.7. The molecule has 2 saturated heterocycles. The number of Topliss-reactive ketones (excluding diaryl/α,β-unsaturated/α-hetero) is 3. The first-order valence-electron chi connectivity index (χ1n) is 19.9. The van der Waals surface area contributed by atoms with E-state index in [1.54, 1.807) is 57.3 Å². The van der Waals surface area contributed by atoms with Crippen molar-refractivity contribution in [3.8, 4) is 0 Å². The maximum atomic E-state index is 14.6. The molecule has 304 valence electrons. The molecule has 4 aliphatic rings. The molecule has 55 heavy (non-hydrogen) atoms. The molecule has 13 nitrogen and oxygen atoms in total. The van der Waals surface area contributed by atoms with Gasteiger partial charge in [0, 0.05) is 56.6 Å². The number of amides is 4. The van der Waals surface area contributed by atoms with Gasteiger partial charge in [-0.1, -0.05) is 38.2 Å². The molecule has 6 atom stereocenters. The van der Waals surface area contributed by atoms with Crippen LogP contribution in [0.4, 0.5) is 4.79 Å². The van der Waals surface area contributed by atoms with Crippen LogP contribution in [0.15, 0.2) is 17.5 Å². The van der Waals surface area contributed by atoms with E-state index < -0.39 is 64.9 Å². The molecule has 3 heterocycles. The topological polar surface area (TPSA) is 168 Å². The van der Waals surface area contributed by atoms with Crippen LogP contribution in [0, 0.1) is 23.7 Å². The molecule has 1 aromatic rings. The number of carbonyl (C=O) groups excluding carboxylic acids is 7. The number of nitrogens with zero attached hydrogens (tertiary/aromatic N) is 2. The number of ketones is 3. The maximum Gasteiger partial charge on any atom is 0.408 e. The van der Waals surface area contributed by atoms with E-state index in [1.165, 1.54) is 16.2 Å². The normalized spacial score (nSPS) is 23.9. The van der Waals surface area contributed by atoms with Crippen LogP contribution in [-0.2, 0) is 38.2 Å². The Labute approximate surface area is 329 Å². The first kappa shape index (κ1) is 42.5. The average molecular weight is 785 g/mol. The highest BCUT2D eigenvalue weighted by Gasteiger charge is 2.56. The number of thiophene rings is 1. The Bertz CT molecular complexity index is 1590. The summed E-state index contributed by atoms with van der Waals surface area (Å²) in [6, 6.07) is 0.851. The van der Waals surface area contributed by atoms with E-state index in [-0.39, 0.29) is 61.2 Å². The maximum absolute atomic E-state index is 14.6. The van der Waals surface area contributed by atoms with Crippen LogP contribution in [0.5, 0.6) is 0 Å². The third kappa shape index (κ3) is 11.2. The van der Waals surface area contributed by atoms with Gasteiger partial charge in [0.25, 0.3) is 0 Å². The summed E-state index contributed by atoms with van der Waals surface area (Å²) in [7, 11) is 3.19. The quantitative estimate of drug-likeness (QED) is 0.215. The number of rotatable bonds is 16. The first-order chi connectivity index (χ1) is 25.8.